The van der Waals surface area contributed by atoms with Crippen LogP contribution in [0.1, 0.15) is 43.1 Å². The smallest absolute Gasteiger partial charge is 0.164 e. The molecule has 0 aliphatic heterocycles. The molecule has 2 aromatic heterocycles. The van der Waals surface area contributed by atoms with E-state index in [1.807, 2.05) is 41.8 Å². The van der Waals surface area contributed by atoms with Crippen molar-refractivity contribution in [3.8, 4) is 22.4 Å². The molecule has 5 rings (SSSR count). The largest absolute Gasteiger partial charge is 0.228 e. The maximum Gasteiger partial charge on any atom is 0.164 e. The predicted molar refractivity (Wildman–Crippen MR) is 124 cm³/mol. The minimum absolute atomic E-state index is 0.239. The standard InChI is InChI=1S/C26H25ClFN3/c1-3-5-17-8-13-23-22(14-17)25(19-6-4-7-21(28)15-19)29-26-24(16(2)30-31(23)26)18-9-11-20(27)12-10-18/h4,6-7,9-12,15,17H,3,5,8,13-14H2,1-2H3/t17-/m1/s1. The fourth-order valence-electron chi connectivity index (χ4n) is 4.93. The highest BCUT2D eigenvalue weighted by Crippen LogP contribution is 2.38. The van der Waals surface area contributed by atoms with Gasteiger partial charge in [-0.2, -0.15) is 5.10 Å². The van der Waals surface area contributed by atoms with E-state index in [4.69, 9.17) is 21.7 Å². The van der Waals surface area contributed by atoms with E-state index in [9.17, 15) is 4.39 Å². The van der Waals surface area contributed by atoms with Gasteiger partial charge < -0.3 is 0 Å². The molecule has 31 heavy (non-hydrogen) atoms. The first-order chi connectivity index (χ1) is 15.0. The van der Waals surface area contributed by atoms with Gasteiger partial charge in [-0.1, -0.05) is 55.6 Å². The SMILES string of the molecule is CCC[C@@H]1CCc2c(c(-c3cccc(F)c3)nc3c(-c4ccc(Cl)cc4)c(C)nn23)C1. The Hall–Kier alpha value is -2.72. The van der Waals surface area contributed by atoms with Crippen molar-refractivity contribution in [1.29, 1.82) is 0 Å². The van der Waals surface area contributed by atoms with Gasteiger partial charge in [0.15, 0.2) is 5.65 Å². The first-order valence-corrected chi connectivity index (χ1v) is 11.4. The number of halogens is 2. The zero-order valence-corrected chi connectivity index (χ0v) is 18.6. The molecule has 0 N–H and O–H groups in total. The van der Waals surface area contributed by atoms with Crippen LogP contribution in [0, 0.1) is 18.7 Å². The van der Waals surface area contributed by atoms with Crippen LogP contribution in [-0.2, 0) is 12.8 Å². The summed E-state index contributed by atoms with van der Waals surface area (Å²) < 4.78 is 16.2. The summed E-state index contributed by atoms with van der Waals surface area (Å²) >= 11 is 6.11. The van der Waals surface area contributed by atoms with Crippen LogP contribution in [0.25, 0.3) is 28.0 Å². The van der Waals surface area contributed by atoms with Gasteiger partial charge in [-0.25, -0.2) is 13.9 Å². The first-order valence-electron chi connectivity index (χ1n) is 11.0. The molecule has 2 aromatic carbocycles. The van der Waals surface area contributed by atoms with Gasteiger partial charge in [-0.3, -0.25) is 0 Å². The lowest BCUT2D eigenvalue weighted by molar-refractivity contribution is 0.414. The van der Waals surface area contributed by atoms with Crippen LogP contribution >= 0.6 is 11.6 Å². The second-order valence-corrected chi connectivity index (χ2v) is 8.93. The van der Waals surface area contributed by atoms with Gasteiger partial charge in [0.25, 0.3) is 0 Å². The molecule has 4 aromatic rings. The second-order valence-electron chi connectivity index (χ2n) is 8.50. The van der Waals surface area contributed by atoms with Crippen molar-refractivity contribution in [3.63, 3.8) is 0 Å². The van der Waals surface area contributed by atoms with E-state index in [2.05, 4.69) is 6.92 Å². The fourth-order valence-corrected chi connectivity index (χ4v) is 5.06. The van der Waals surface area contributed by atoms with E-state index in [1.54, 1.807) is 12.1 Å². The van der Waals surface area contributed by atoms with Crippen molar-refractivity contribution in [2.75, 3.05) is 0 Å². The molecular weight excluding hydrogens is 409 g/mol. The van der Waals surface area contributed by atoms with Crippen LogP contribution < -0.4 is 0 Å². The quantitative estimate of drug-likeness (QED) is 0.344. The summed E-state index contributed by atoms with van der Waals surface area (Å²) in [6, 6.07) is 14.6. The molecule has 5 heteroatoms. The van der Waals surface area contributed by atoms with E-state index in [-0.39, 0.29) is 5.82 Å². The molecule has 0 spiro atoms. The average molecular weight is 434 g/mol. The molecule has 0 bridgehead atoms. The number of aryl methyl sites for hydroxylation is 2. The number of aromatic nitrogens is 3. The van der Waals surface area contributed by atoms with Gasteiger partial charge >= 0.3 is 0 Å². The van der Waals surface area contributed by atoms with Crippen LogP contribution in [0.3, 0.4) is 0 Å². The van der Waals surface area contributed by atoms with Crippen molar-refractivity contribution >= 4 is 17.2 Å². The number of rotatable bonds is 4. The van der Waals surface area contributed by atoms with Gasteiger partial charge in [0.1, 0.15) is 5.82 Å². The Morgan fingerprint density at radius 3 is 2.68 bits per heavy atom. The van der Waals surface area contributed by atoms with Gasteiger partial charge in [-0.05, 0) is 61.9 Å². The summed E-state index contributed by atoms with van der Waals surface area (Å²) in [7, 11) is 0. The van der Waals surface area contributed by atoms with Gasteiger partial charge in [0.2, 0.25) is 0 Å². The fraction of sp³-hybridized carbons (Fsp3) is 0.308. The number of hydrogen-bond donors (Lipinski definition) is 0. The number of nitrogens with zero attached hydrogens (tertiary/aromatic N) is 3. The summed E-state index contributed by atoms with van der Waals surface area (Å²) in [5, 5.41) is 5.60. The Morgan fingerprint density at radius 1 is 1.13 bits per heavy atom. The maximum absolute atomic E-state index is 14.1. The van der Waals surface area contributed by atoms with Crippen molar-refractivity contribution in [3.05, 3.63) is 76.3 Å². The van der Waals surface area contributed by atoms with E-state index < -0.39 is 0 Å². The lowest BCUT2D eigenvalue weighted by atomic mass is 9.82. The molecule has 3 nitrogen and oxygen atoms in total. The zero-order chi connectivity index (χ0) is 21.5. The van der Waals surface area contributed by atoms with E-state index >= 15 is 0 Å². The Bertz CT molecular complexity index is 1260. The number of fused-ring (bicyclic) bond motifs is 3. The third kappa shape index (κ3) is 3.63. The van der Waals surface area contributed by atoms with Crippen molar-refractivity contribution < 1.29 is 4.39 Å². The lowest BCUT2D eigenvalue weighted by Crippen LogP contribution is -2.20. The van der Waals surface area contributed by atoms with Crippen LogP contribution in [0.2, 0.25) is 5.02 Å². The van der Waals surface area contributed by atoms with Crippen LogP contribution in [-0.4, -0.2) is 14.6 Å². The Labute approximate surface area is 186 Å². The van der Waals surface area contributed by atoms with Gasteiger partial charge in [0.05, 0.1) is 11.4 Å². The van der Waals surface area contributed by atoms with Crippen LogP contribution in [0.4, 0.5) is 4.39 Å². The highest BCUT2D eigenvalue weighted by molar-refractivity contribution is 6.30. The first kappa shape index (κ1) is 20.2. The summed E-state index contributed by atoms with van der Waals surface area (Å²) in [6.45, 7) is 4.26. The van der Waals surface area contributed by atoms with Crippen molar-refractivity contribution in [1.82, 2.24) is 14.6 Å². The minimum atomic E-state index is -0.239. The second kappa shape index (κ2) is 8.08. The van der Waals surface area contributed by atoms with Crippen LogP contribution in [0.15, 0.2) is 48.5 Å². The summed E-state index contributed by atoms with van der Waals surface area (Å²) in [5.41, 5.74) is 7.94. The third-order valence-electron chi connectivity index (χ3n) is 6.35. The summed E-state index contributed by atoms with van der Waals surface area (Å²) in [4.78, 5) is 5.11. The summed E-state index contributed by atoms with van der Waals surface area (Å²) in [5.74, 6) is 0.396. The minimum Gasteiger partial charge on any atom is -0.228 e. The Kier molecular flexibility index (Phi) is 5.27. The number of benzene rings is 2. The molecule has 1 aliphatic rings. The average Bonchev–Trinajstić information content (AvgIpc) is 3.10. The normalized spacial score (nSPS) is 15.9. The molecule has 1 atom stereocenters. The molecule has 0 saturated carbocycles. The van der Waals surface area contributed by atoms with Gasteiger partial charge in [-0.15, -0.1) is 0 Å². The molecular formula is C26H25ClFN3. The molecule has 0 amide bonds. The van der Waals surface area contributed by atoms with E-state index in [0.717, 1.165) is 53.0 Å². The summed E-state index contributed by atoms with van der Waals surface area (Å²) in [6.07, 6.45) is 5.45. The predicted octanol–water partition coefficient (Wildman–Crippen LogP) is 7.07. The lowest BCUT2D eigenvalue weighted by Gasteiger charge is -2.26. The monoisotopic (exact) mass is 433 g/mol. The van der Waals surface area contributed by atoms with E-state index in [0.29, 0.717) is 10.9 Å². The van der Waals surface area contributed by atoms with E-state index in [1.165, 1.54) is 30.2 Å². The van der Waals surface area contributed by atoms with Crippen LogP contribution in [0.5, 0.6) is 0 Å². The molecule has 0 saturated heterocycles. The highest BCUT2D eigenvalue weighted by atomic mass is 35.5. The third-order valence-corrected chi connectivity index (χ3v) is 6.61. The highest BCUT2D eigenvalue weighted by Gasteiger charge is 2.27. The molecule has 158 valence electrons. The van der Waals surface area contributed by atoms with Crippen molar-refractivity contribution in [2.45, 2.75) is 46.0 Å². The Balaban J connectivity index is 1.78. The number of hydrogen-bond acceptors (Lipinski definition) is 2. The maximum atomic E-state index is 14.1. The molecule has 0 fully saturated rings. The molecule has 2 heterocycles. The molecule has 1 aliphatic carbocycles. The van der Waals surface area contributed by atoms with Crippen molar-refractivity contribution in [2.24, 2.45) is 5.92 Å². The topological polar surface area (TPSA) is 30.2 Å². The zero-order valence-electron chi connectivity index (χ0n) is 17.8. The Morgan fingerprint density at radius 2 is 1.94 bits per heavy atom. The van der Waals surface area contributed by atoms with Gasteiger partial charge in [0, 0.05) is 27.4 Å². The molecule has 0 unspecified atom stereocenters. The molecule has 0 radical (unpaired) electrons.